The molecule has 0 aliphatic carbocycles. The molecule has 380 valence electrons. The number of likely N-dealkylation sites (tertiary alicyclic amines) is 1. The summed E-state index contributed by atoms with van der Waals surface area (Å²) in [5.74, 6) is 0.477. The van der Waals surface area contributed by atoms with Crippen LogP contribution in [0.3, 0.4) is 0 Å². The Balaban J connectivity index is 1.02. The predicted octanol–water partition coefficient (Wildman–Crippen LogP) is 13.5. The molecule has 8 aromatic rings. The lowest BCUT2D eigenvalue weighted by Crippen LogP contribution is -2.66. The summed E-state index contributed by atoms with van der Waals surface area (Å²) in [5.41, 5.74) is 6.26. The SMILES string of the molecule is C[C@@H](c1ccc(Cl)cc1Cl)n1cnc(-c2ccccc2)c1-c1c(C(=O)Nc2cc(OCCO[Si](c3ccccc3)(c3ccccc3)C(C)(C)C)ccc2N2CCC(N3CCCCC3=O)CC2)[nH]c2cc(Cl)ccc12. The number of amides is 2. The van der Waals surface area contributed by atoms with E-state index in [1.165, 1.54) is 10.4 Å². The molecule has 0 spiro atoms. The Hall–Kier alpha value is -6.34. The van der Waals surface area contributed by atoms with Crippen LogP contribution in [0.1, 0.15) is 81.9 Å². The molecule has 2 aromatic heterocycles. The summed E-state index contributed by atoms with van der Waals surface area (Å²) in [4.78, 5) is 41.4. The van der Waals surface area contributed by atoms with Gasteiger partial charge in [-0.2, -0.15) is 0 Å². The Labute approximate surface area is 449 Å². The van der Waals surface area contributed by atoms with Crippen LogP contribution in [0.25, 0.3) is 33.4 Å². The maximum absolute atomic E-state index is 15.5. The standard InChI is InChI=1S/C60H61Cl3N6O4Si/c1-40(48-26-23-42(61)36-50(48)63)69-39-64-56(41-16-8-5-9-17-41)58(69)55-49-27-24-43(62)37-51(49)65-57(55)59(71)66-52-38-45(25-28-53(52)67-32-29-44(30-33-67)68-31-15-14-22-54(68)70)72-34-35-73-74(60(2,3)4,46-18-10-6-11-19-46)47-20-12-7-13-21-47/h5-13,16-21,23-28,36-40,44,65H,14-15,22,29-35H2,1-4H3,(H,66,71)/t40-/m0/s1. The van der Waals surface area contributed by atoms with Crippen LogP contribution >= 0.6 is 34.8 Å². The first kappa shape index (κ1) is 51.2. The molecule has 2 aliphatic heterocycles. The number of halogens is 3. The van der Waals surface area contributed by atoms with Crippen molar-refractivity contribution >= 4 is 87.6 Å². The highest BCUT2D eigenvalue weighted by Crippen LogP contribution is 2.44. The number of nitrogens with one attached hydrogen (secondary N) is 2. The van der Waals surface area contributed by atoms with Gasteiger partial charge < -0.3 is 33.8 Å². The van der Waals surface area contributed by atoms with E-state index in [9.17, 15) is 4.79 Å². The first-order valence-corrected chi connectivity index (χ1v) is 28.6. The van der Waals surface area contributed by atoms with Crippen LogP contribution in [-0.2, 0) is 9.22 Å². The van der Waals surface area contributed by atoms with Gasteiger partial charge in [-0.15, -0.1) is 0 Å². The van der Waals surface area contributed by atoms with E-state index in [0.29, 0.717) is 75.1 Å². The largest absolute Gasteiger partial charge is 0.491 e. The van der Waals surface area contributed by atoms with Crippen molar-refractivity contribution in [2.45, 2.75) is 76.9 Å². The number of H-pyrrole nitrogens is 1. The minimum atomic E-state index is -2.82. The van der Waals surface area contributed by atoms with Gasteiger partial charge >= 0.3 is 0 Å². The summed E-state index contributed by atoms with van der Waals surface area (Å²) in [6.07, 6.45) is 6.06. The van der Waals surface area contributed by atoms with Crippen molar-refractivity contribution in [2.24, 2.45) is 0 Å². The number of benzene rings is 6. The van der Waals surface area contributed by atoms with E-state index >= 15 is 4.79 Å². The van der Waals surface area contributed by atoms with Crippen molar-refractivity contribution in [3.05, 3.63) is 178 Å². The monoisotopic (exact) mass is 1060 g/mol. The van der Waals surface area contributed by atoms with Crippen LogP contribution in [0.2, 0.25) is 20.1 Å². The van der Waals surface area contributed by atoms with Gasteiger partial charge in [0, 0.05) is 75.3 Å². The summed E-state index contributed by atoms with van der Waals surface area (Å²) in [5, 5.41) is 7.94. The van der Waals surface area contributed by atoms with Crippen LogP contribution < -0.4 is 25.3 Å². The van der Waals surface area contributed by atoms with E-state index in [2.05, 4.69) is 101 Å². The summed E-state index contributed by atoms with van der Waals surface area (Å²) >= 11 is 20.0. The Morgan fingerprint density at radius 1 is 0.797 bits per heavy atom. The summed E-state index contributed by atoms with van der Waals surface area (Å²) in [6.45, 7) is 11.7. The van der Waals surface area contributed by atoms with Crippen LogP contribution in [0.5, 0.6) is 5.75 Å². The number of hydrogen-bond acceptors (Lipinski definition) is 6. The second-order valence-corrected chi connectivity index (χ2v) is 26.0. The summed E-state index contributed by atoms with van der Waals surface area (Å²) < 4.78 is 15.9. The van der Waals surface area contributed by atoms with E-state index in [0.717, 1.165) is 60.1 Å². The number of aromatic nitrogens is 3. The molecule has 4 heterocycles. The average molecular weight is 1060 g/mol. The lowest BCUT2D eigenvalue weighted by molar-refractivity contribution is -0.136. The van der Waals surface area contributed by atoms with Crippen molar-refractivity contribution in [1.82, 2.24) is 19.4 Å². The predicted molar refractivity (Wildman–Crippen MR) is 305 cm³/mol. The maximum Gasteiger partial charge on any atom is 0.272 e. The number of anilines is 2. The molecule has 0 bridgehead atoms. The van der Waals surface area contributed by atoms with Gasteiger partial charge in [-0.05, 0) is 90.0 Å². The number of aromatic amines is 1. The van der Waals surface area contributed by atoms with Crippen LogP contribution in [0, 0.1) is 0 Å². The number of carbonyl (C=O) groups is 2. The molecule has 2 aliphatic rings. The molecule has 0 unspecified atom stereocenters. The molecular weight excluding hydrogens is 1000 g/mol. The molecule has 14 heteroatoms. The minimum absolute atomic E-state index is 0.185. The molecule has 0 radical (unpaired) electrons. The molecule has 74 heavy (non-hydrogen) atoms. The number of rotatable bonds is 15. The highest BCUT2D eigenvalue weighted by atomic mass is 35.5. The van der Waals surface area contributed by atoms with Gasteiger partial charge in [0.2, 0.25) is 5.91 Å². The van der Waals surface area contributed by atoms with Crippen molar-refractivity contribution in [3.8, 4) is 28.3 Å². The Morgan fingerprint density at radius 3 is 2.12 bits per heavy atom. The number of imidazole rings is 1. The zero-order valence-corrected chi connectivity index (χ0v) is 45.5. The molecule has 10 nitrogen and oxygen atoms in total. The van der Waals surface area contributed by atoms with Gasteiger partial charge in [0.25, 0.3) is 14.2 Å². The van der Waals surface area contributed by atoms with Crippen molar-refractivity contribution in [2.75, 3.05) is 43.1 Å². The normalized spacial score (nSPS) is 15.1. The smallest absolute Gasteiger partial charge is 0.272 e. The molecule has 10 rings (SSSR count). The Bertz CT molecular complexity index is 3240. The fraction of sp³-hybridized carbons (Fsp3) is 0.283. The lowest BCUT2D eigenvalue weighted by Gasteiger charge is -2.43. The van der Waals surface area contributed by atoms with Gasteiger partial charge in [0.15, 0.2) is 0 Å². The van der Waals surface area contributed by atoms with Crippen molar-refractivity contribution in [1.29, 1.82) is 0 Å². The second kappa shape index (κ2) is 21.9. The number of nitrogens with zero attached hydrogens (tertiary/aromatic N) is 4. The molecule has 2 amide bonds. The quantitative estimate of drug-likeness (QED) is 0.0783. The van der Waals surface area contributed by atoms with E-state index in [-0.39, 0.29) is 35.5 Å². The number of ether oxygens (including phenoxy) is 1. The second-order valence-electron chi connectivity index (χ2n) is 20.4. The van der Waals surface area contributed by atoms with Gasteiger partial charge in [0.1, 0.15) is 18.1 Å². The molecule has 0 saturated carbocycles. The molecule has 2 fully saturated rings. The first-order valence-electron chi connectivity index (χ1n) is 25.6. The zero-order chi connectivity index (χ0) is 51.6. The van der Waals surface area contributed by atoms with Crippen LogP contribution in [0.4, 0.5) is 11.4 Å². The molecule has 2 N–H and O–H groups in total. The number of piperidine rings is 2. The minimum Gasteiger partial charge on any atom is -0.491 e. The lowest BCUT2D eigenvalue weighted by atomic mass is 9.98. The number of fused-ring (bicyclic) bond motifs is 1. The Kier molecular flexibility index (Phi) is 15.1. The highest BCUT2D eigenvalue weighted by Gasteiger charge is 2.50. The molecule has 1 atom stereocenters. The summed E-state index contributed by atoms with van der Waals surface area (Å²) in [7, 11) is -2.82. The number of hydrogen-bond donors (Lipinski definition) is 2. The fourth-order valence-corrected chi connectivity index (χ4v) is 16.5. The van der Waals surface area contributed by atoms with E-state index in [4.69, 9.17) is 48.9 Å². The third-order valence-corrected chi connectivity index (χ3v) is 20.6. The molecule has 2 saturated heterocycles. The van der Waals surface area contributed by atoms with Crippen molar-refractivity contribution < 1.29 is 18.8 Å². The zero-order valence-electron chi connectivity index (χ0n) is 42.2. The van der Waals surface area contributed by atoms with E-state index in [1.54, 1.807) is 12.4 Å². The summed E-state index contributed by atoms with van der Waals surface area (Å²) in [6, 6.07) is 48.0. The van der Waals surface area contributed by atoms with E-state index < -0.39 is 8.32 Å². The third-order valence-electron chi connectivity index (χ3n) is 14.8. The maximum atomic E-state index is 15.5. The van der Waals surface area contributed by atoms with Gasteiger partial charge in [0.05, 0.1) is 41.7 Å². The topological polar surface area (TPSA) is 105 Å². The van der Waals surface area contributed by atoms with E-state index in [1.807, 2.05) is 91.0 Å². The fourth-order valence-electron chi connectivity index (χ4n) is 11.2. The molecular formula is C60H61Cl3N6O4Si. The third kappa shape index (κ3) is 10.2. The van der Waals surface area contributed by atoms with Gasteiger partial charge in [-0.1, -0.05) is 159 Å². The molecule has 6 aromatic carbocycles. The number of carbonyl (C=O) groups excluding carboxylic acids is 2. The highest BCUT2D eigenvalue weighted by molar-refractivity contribution is 6.99. The first-order chi connectivity index (χ1) is 35.8. The van der Waals surface area contributed by atoms with Crippen LogP contribution in [-0.4, -0.2) is 78.5 Å². The Morgan fingerprint density at radius 2 is 1.46 bits per heavy atom. The average Bonchev–Trinajstić information content (AvgIpc) is 4.01. The van der Waals surface area contributed by atoms with Gasteiger partial charge in [-0.25, -0.2) is 4.98 Å². The van der Waals surface area contributed by atoms with Crippen LogP contribution in [0.15, 0.2) is 152 Å². The van der Waals surface area contributed by atoms with Gasteiger partial charge in [-0.3, -0.25) is 9.59 Å². The van der Waals surface area contributed by atoms with Crippen molar-refractivity contribution in [3.63, 3.8) is 0 Å².